The molecule has 134 heavy (non-hydrogen) atoms. The molecule has 2 aliphatic rings. The first-order valence-corrected chi connectivity index (χ1v) is 47.3. The first kappa shape index (κ1) is 92.8. The van der Waals surface area contributed by atoms with E-state index >= 15 is 0 Å². The number of hydrogen-bond donors (Lipinski definition) is 1. The summed E-state index contributed by atoms with van der Waals surface area (Å²) in [7, 11) is 5.85. The molecule has 0 saturated heterocycles. The molecule has 1 N–H and O–H groups in total. The lowest BCUT2D eigenvalue weighted by atomic mass is 9.88. The molecule has 0 bridgehead atoms. The Morgan fingerprint density at radius 3 is 1.15 bits per heavy atom. The van der Waals surface area contributed by atoms with Crippen LogP contribution in [0.25, 0.3) is 162 Å². The Hall–Kier alpha value is -13.0. The molecule has 0 fully saturated rings. The number of benzene rings is 12. The summed E-state index contributed by atoms with van der Waals surface area (Å²) < 4.78 is 39.3. The summed E-state index contributed by atoms with van der Waals surface area (Å²) in [6, 6.07) is 70.2. The second kappa shape index (κ2) is 37.1. The molecule has 0 saturated carbocycles. The second-order valence-corrected chi connectivity index (χ2v) is 40.8. The molecule has 18 aromatic rings. The van der Waals surface area contributed by atoms with Gasteiger partial charge in [-0.1, -0.05) is 116 Å². The number of aryl methyl sites for hydroxylation is 7. The van der Waals surface area contributed by atoms with E-state index in [0.29, 0.717) is 34.9 Å². The largest absolute Gasteiger partial charge is 0.493 e. The van der Waals surface area contributed by atoms with Crippen molar-refractivity contribution in [1.29, 1.82) is 0 Å². The molecule has 12 aromatic carbocycles. The van der Waals surface area contributed by atoms with E-state index in [9.17, 15) is 24.3 Å². The fraction of sp³-hybridized carbons (Fsp3) is 0.261. The van der Waals surface area contributed by atoms with Gasteiger partial charge in [-0.25, -0.2) is 19.7 Å². The Bertz CT molecular complexity index is 7680. The van der Waals surface area contributed by atoms with E-state index in [0.717, 1.165) is 215 Å². The number of halogens is 1. The van der Waals surface area contributed by atoms with E-state index < -0.39 is 41.1 Å². The fourth-order valence-corrected chi connectivity index (χ4v) is 21.4. The number of carboxylic acids is 1. The van der Waals surface area contributed by atoms with Crippen LogP contribution in [0.1, 0.15) is 164 Å². The number of carbonyl (C=O) groups excluding carboxylic acids is 3. The molecule has 2 aliphatic heterocycles. The smallest absolute Gasteiger partial charge is 0.337 e. The van der Waals surface area contributed by atoms with E-state index in [1.54, 1.807) is 47.9 Å². The summed E-state index contributed by atoms with van der Waals surface area (Å²) >= 11 is 11.0. The summed E-state index contributed by atoms with van der Waals surface area (Å²) in [6.45, 7) is 27.7. The molecule has 0 spiro atoms. The lowest BCUT2D eigenvalue weighted by Crippen LogP contribution is -2.28. The SMILES string of the molecule is C.CC(=O)[C@@H](OC(C)(C)C)c1c(C)cc2nc(-c3cccc(-c4ccc5c(cnn5C)c4)c3)sc2c1-c1ccc2c(c1)C(=O)CCO2.CC(=O)[C@@H](OC(C)(C)C)c1c(C)cc2nc(-c3cccc(-c4ccc5c(cnn5C)c4)c3)sc2c1-c1ccc2c(c1)CCCO2.Cc1cc2nc(-c3cccc(-c4ccc5c(cnn5C)c4)c3)sc2c(-c2ccc(Cl)cc2)c1[C@H](OC(C)(C)C)C(=O)O. The highest BCUT2D eigenvalue weighted by molar-refractivity contribution is 7.23. The number of rotatable bonds is 18. The number of carbonyl (C=O) groups is 4. The van der Waals surface area contributed by atoms with Gasteiger partial charge in [0.25, 0.3) is 0 Å². The molecule has 20 rings (SSSR count). The normalized spacial score (nSPS) is 13.5. The third kappa shape index (κ3) is 19.0. The number of thiazole rings is 3. The number of aromatic nitrogens is 9. The molecule has 0 radical (unpaired) electrons. The van der Waals surface area contributed by atoms with Crippen LogP contribution in [0.3, 0.4) is 0 Å². The van der Waals surface area contributed by atoms with Crippen LogP contribution in [0.2, 0.25) is 5.02 Å². The van der Waals surface area contributed by atoms with E-state index in [4.69, 9.17) is 50.2 Å². The van der Waals surface area contributed by atoms with Crippen molar-refractivity contribution in [3.8, 4) is 110 Å². The Balaban J connectivity index is 0.000000140. The zero-order chi connectivity index (χ0) is 93.5. The average Bonchev–Trinajstić information content (AvgIpc) is 1.53. The van der Waals surface area contributed by atoms with E-state index in [1.807, 2.05) is 191 Å². The fourth-order valence-electron chi connectivity index (χ4n) is 17.9. The molecular formula is C111H106ClN9O10S3. The van der Waals surface area contributed by atoms with Gasteiger partial charge < -0.3 is 28.8 Å². The van der Waals surface area contributed by atoms with Gasteiger partial charge in [-0.15, -0.1) is 34.0 Å². The van der Waals surface area contributed by atoms with Crippen LogP contribution in [-0.4, -0.2) is 103 Å². The molecule has 3 atom stereocenters. The first-order chi connectivity index (χ1) is 63.5. The van der Waals surface area contributed by atoms with Crippen molar-refractivity contribution >= 4 is 132 Å². The van der Waals surface area contributed by atoms with Gasteiger partial charge in [-0.2, -0.15) is 15.3 Å². The third-order valence-corrected chi connectivity index (χ3v) is 27.7. The zero-order valence-corrected chi connectivity index (χ0v) is 80.6. The Kier molecular flexibility index (Phi) is 25.7. The number of ketones is 3. The van der Waals surface area contributed by atoms with Gasteiger partial charge >= 0.3 is 5.97 Å². The standard InChI is InChI=1S/C38H35N3O4S.C38H37N3O3S.C34H30ClN3O3S.CH4/c1-21-16-29-36(46-37(40-29)26-9-7-8-23(17-26)24-10-12-30-27(18-24)20-39-41(30)6)34(33(21)35(22(2)42)45-38(3,4)5)25-11-13-32-28(19-25)31(43)14-15-44-32;1-22-17-30-36(45-37(40-30)28-10-7-9-24(18-28)25-12-14-31-29(19-25)21-39-41(31)6)34(33(22)35(23(2)42)44-38(3,4)5)27-13-15-32-26(20-27)11-8-16-43-32;1-19-15-26-31(29(20-9-12-25(35)13-10-20)28(19)30(33(39)40)41-34(2,3)4)42-32(37-26)23-8-6-7-21(16-23)22-11-14-27-24(17-22)18-36-38(27)5;/h7-13,16-20,35H,14-15H2,1-6H3;7,9-10,12-15,17-21,35H,8,11,16H2,1-6H3;6-18,30H,1-5H3,(H,39,40);1H4/t2*35-;30-;/m110./s1. The van der Waals surface area contributed by atoms with Gasteiger partial charge in [0.2, 0.25) is 0 Å². The van der Waals surface area contributed by atoms with Crippen LogP contribution in [0.4, 0.5) is 0 Å². The zero-order valence-electron chi connectivity index (χ0n) is 77.4. The van der Waals surface area contributed by atoms with Crippen LogP contribution in [0, 0.1) is 20.8 Å². The van der Waals surface area contributed by atoms with Gasteiger partial charge in [0, 0.05) is 98.8 Å². The van der Waals surface area contributed by atoms with Crippen molar-refractivity contribution < 1.29 is 48.0 Å². The lowest BCUT2D eigenvalue weighted by Gasteiger charge is -2.29. The van der Waals surface area contributed by atoms with Crippen molar-refractivity contribution in [2.75, 3.05) is 13.2 Å². The minimum atomic E-state index is -1.16. The molecule has 0 unspecified atom stereocenters. The number of ether oxygens (including phenoxy) is 5. The Morgan fingerprint density at radius 1 is 0.410 bits per heavy atom. The van der Waals surface area contributed by atoms with Crippen LogP contribution >= 0.6 is 45.6 Å². The molecule has 6 aromatic heterocycles. The summed E-state index contributed by atoms with van der Waals surface area (Å²) in [5.41, 5.74) is 26.0. The lowest BCUT2D eigenvalue weighted by molar-refractivity contribution is -0.160. The summed E-state index contributed by atoms with van der Waals surface area (Å²) in [5.74, 6) is 0.443. The summed E-state index contributed by atoms with van der Waals surface area (Å²) in [4.78, 5) is 67.4. The number of Topliss-reactive ketones (excluding diaryl/α,β-unsaturated/α-hetero) is 3. The van der Waals surface area contributed by atoms with Gasteiger partial charge in [-0.05, 0) is 291 Å². The number of hydrogen-bond acceptors (Lipinski definition) is 18. The van der Waals surface area contributed by atoms with E-state index in [2.05, 4.69) is 168 Å². The van der Waals surface area contributed by atoms with Gasteiger partial charge in [0.05, 0.1) is 101 Å². The van der Waals surface area contributed by atoms with E-state index in [-0.39, 0.29) is 24.8 Å². The van der Waals surface area contributed by atoms with E-state index in [1.165, 1.54) is 5.56 Å². The first-order valence-electron chi connectivity index (χ1n) is 44.5. The highest BCUT2D eigenvalue weighted by Crippen LogP contribution is 2.51. The molecule has 19 nitrogen and oxygen atoms in total. The molecule has 8 heterocycles. The maximum Gasteiger partial charge on any atom is 0.337 e. The number of carboxylic acid groups (broad SMARTS) is 1. The third-order valence-electron chi connectivity index (χ3n) is 24.0. The Morgan fingerprint density at radius 2 is 0.754 bits per heavy atom. The van der Waals surface area contributed by atoms with Gasteiger partial charge in [-0.3, -0.25) is 28.4 Å². The van der Waals surface area contributed by atoms with Crippen LogP contribution in [-0.2, 0) is 56.2 Å². The van der Waals surface area contributed by atoms with Crippen molar-refractivity contribution in [1.82, 2.24) is 44.3 Å². The summed E-state index contributed by atoms with van der Waals surface area (Å²) in [6.07, 6.45) is 5.31. The predicted molar refractivity (Wildman–Crippen MR) is 545 cm³/mol. The molecule has 23 heteroatoms. The minimum absolute atomic E-state index is 0. The monoisotopic (exact) mass is 1860 g/mol. The quantitative estimate of drug-likeness (QED) is 0.0842. The highest BCUT2D eigenvalue weighted by Gasteiger charge is 2.37. The maximum absolute atomic E-state index is 13.2. The van der Waals surface area contributed by atoms with Crippen molar-refractivity contribution in [2.45, 2.75) is 159 Å². The number of fused-ring (bicyclic) bond motifs is 8. The van der Waals surface area contributed by atoms with Gasteiger partial charge in [0.1, 0.15) is 38.7 Å². The van der Waals surface area contributed by atoms with Crippen LogP contribution in [0.15, 0.2) is 225 Å². The number of nitrogens with zero attached hydrogens (tertiary/aromatic N) is 9. The summed E-state index contributed by atoms with van der Waals surface area (Å²) in [5, 5.41) is 30.0. The molecular weight excluding hydrogens is 1750 g/mol. The second-order valence-electron chi connectivity index (χ2n) is 37.3. The molecule has 0 aliphatic carbocycles. The molecule has 0 amide bonds. The van der Waals surface area contributed by atoms with Gasteiger partial charge in [0.15, 0.2) is 23.5 Å². The minimum Gasteiger partial charge on any atom is -0.493 e. The predicted octanol–water partition coefficient (Wildman–Crippen LogP) is 27.9. The van der Waals surface area contributed by atoms with Crippen LogP contribution in [0.5, 0.6) is 11.5 Å². The molecule has 680 valence electrons. The van der Waals surface area contributed by atoms with Crippen LogP contribution < -0.4 is 9.47 Å². The Labute approximate surface area is 796 Å². The average molecular weight is 1860 g/mol. The van der Waals surface area contributed by atoms with Crippen molar-refractivity contribution in [3.63, 3.8) is 0 Å². The van der Waals surface area contributed by atoms with Crippen molar-refractivity contribution in [2.24, 2.45) is 21.1 Å². The van der Waals surface area contributed by atoms with Crippen molar-refractivity contribution in [3.05, 3.63) is 274 Å². The maximum atomic E-state index is 13.2. The number of aliphatic carboxylic acids is 1. The highest BCUT2D eigenvalue weighted by atomic mass is 35.5. The topological polar surface area (TPSA) is 227 Å².